The van der Waals surface area contributed by atoms with Gasteiger partial charge in [0.05, 0.1) is 11.2 Å². The Morgan fingerprint density at radius 2 is 1.86 bits per heavy atom. The molecule has 3 rings (SSSR count). The summed E-state index contributed by atoms with van der Waals surface area (Å²) in [5.74, 6) is 0.558. The Kier molecular flexibility index (Phi) is 3.93. The average molecular weight is 284 g/mol. The molecule has 1 saturated carbocycles. The van der Waals surface area contributed by atoms with E-state index in [0.717, 1.165) is 42.7 Å². The maximum absolute atomic E-state index is 11.4. The van der Waals surface area contributed by atoms with E-state index >= 15 is 0 Å². The fourth-order valence-corrected chi connectivity index (χ4v) is 3.09. The van der Waals surface area contributed by atoms with Gasteiger partial charge in [-0.15, -0.1) is 0 Å². The molecule has 3 nitrogen and oxygen atoms in total. The molecule has 0 amide bonds. The van der Waals surface area contributed by atoms with Crippen molar-refractivity contribution < 1.29 is 14.6 Å². The third kappa shape index (κ3) is 2.93. The summed E-state index contributed by atoms with van der Waals surface area (Å²) >= 11 is 0. The molecule has 2 aromatic rings. The van der Waals surface area contributed by atoms with Gasteiger partial charge in [0.1, 0.15) is 12.4 Å². The minimum absolute atomic E-state index is 0.256. The van der Waals surface area contributed by atoms with E-state index in [9.17, 15) is 9.90 Å². The predicted octanol–water partition coefficient (Wildman–Crippen LogP) is 3.73. The van der Waals surface area contributed by atoms with Crippen molar-refractivity contribution in [3.05, 3.63) is 42.0 Å². The molecule has 1 N–H and O–H groups in total. The maximum Gasteiger partial charge on any atom is 0.154 e. The molecule has 0 spiro atoms. The van der Waals surface area contributed by atoms with Crippen molar-refractivity contribution in [3.8, 4) is 5.75 Å². The van der Waals surface area contributed by atoms with Crippen LogP contribution >= 0.6 is 0 Å². The zero-order chi connectivity index (χ0) is 14.7. The lowest BCUT2D eigenvalue weighted by Crippen LogP contribution is -2.38. The minimum atomic E-state index is -0.746. The molecular weight excluding hydrogens is 264 g/mol. The number of fused-ring (bicyclic) bond motifs is 1. The number of carbonyl (C=O) groups excluding carboxylic acids is 1. The first-order valence-electron chi connectivity index (χ1n) is 7.54. The second-order valence-corrected chi connectivity index (χ2v) is 5.89. The van der Waals surface area contributed by atoms with Crippen molar-refractivity contribution in [2.75, 3.05) is 6.61 Å². The molecule has 0 heterocycles. The van der Waals surface area contributed by atoms with Crippen LogP contribution in [0.1, 0.15) is 42.5 Å². The van der Waals surface area contributed by atoms with Crippen molar-refractivity contribution in [1.29, 1.82) is 0 Å². The van der Waals surface area contributed by atoms with Gasteiger partial charge < -0.3 is 9.84 Å². The summed E-state index contributed by atoms with van der Waals surface area (Å²) < 4.78 is 5.80. The van der Waals surface area contributed by atoms with Gasteiger partial charge in [0.25, 0.3) is 0 Å². The molecule has 0 radical (unpaired) electrons. The largest absolute Gasteiger partial charge is 0.490 e. The Balaban J connectivity index is 1.85. The van der Waals surface area contributed by atoms with Crippen molar-refractivity contribution in [2.45, 2.75) is 37.7 Å². The normalized spacial score (nSPS) is 17.6. The SMILES string of the molecule is O=Cc1c(OCC2(O)CCCCC2)ccc2ccccc12. The maximum atomic E-state index is 11.4. The summed E-state index contributed by atoms with van der Waals surface area (Å²) in [6.07, 6.45) is 5.64. The van der Waals surface area contributed by atoms with Crippen LogP contribution in [-0.4, -0.2) is 23.6 Å². The van der Waals surface area contributed by atoms with Gasteiger partial charge in [0.15, 0.2) is 6.29 Å². The van der Waals surface area contributed by atoms with Gasteiger partial charge in [-0.05, 0) is 29.7 Å². The van der Waals surface area contributed by atoms with Crippen molar-refractivity contribution in [2.24, 2.45) is 0 Å². The van der Waals surface area contributed by atoms with Gasteiger partial charge in [-0.2, -0.15) is 0 Å². The van der Waals surface area contributed by atoms with Crippen molar-refractivity contribution >= 4 is 17.1 Å². The zero-order valence-electron chi connectivity index (χ0n) is 12.0. The van der Waals surface area contributed by atoms with E-state index in [2.05, 4.69) is 0 Å². The average Bonchev–Trinajstić information content (AvgIpc) is 2.53. The van der Waals surface area contributed by atoms with Crippen LogP contribution in [-0.2, 0) is 0 Å². The first kappa shape index (κ1) is 14.1. The van der Waals surface area contributed by atoms with Gasteiger partial charge in [-0.25, -0.2) is 0 Å². The van der Waals surface area contributed by atoms with E-state index < -0.39 is 5.60 Å². The lowest BCUT2D eigenvalue weighted by atomic mass is 9.85. The van der Waals surface area contributed by atoms with Crippen LogP contribution in [0.25, 0.3) is 10.8 Å². The highest BCUT2D eigenvalue weighted by molar-refractivity contribution is 6.00. The highest BCUT2D eigenvalue weighted by atomic mass is 16.5. The third-order valence-electron chi connectivity index (χ3n) is 4.33. The van der Waals surface area contributed by atoms with Crippen LogP contribution in [0, 0.1) is 0 Å². The summed E-state index contributed by atoms with van der Waals surface area (Å²) in [6.45, 7) is 0.256. The summed E-state index contributed by atoms with van der Waals surface area (Å²) in [5.41, 5.74) is -0.183. The molecule has 0 aromatic heterocycles. The topological polar surface area (TPSA) is 46.5 Å². The van der Waals surface area contributed by atoms with Gasteiger partial charge in [0.2, 0.25) is 0 Å². The number of rotatable bonds is 4. The van der Waals surface area contributed by atoms with Crippen LogP contribution in [0.3, 0.4) is 0 Å². The van der Waals surface area contributed by atoms with E-state index in [1.54, 1.807) is 0 Å². The van der Waals surface area contributed by atoms with Gasteiger partial charge in [-0.3, -0.25) is 4.79 Å². The molecule has 1 aliphatic carbocycles. The lowest BCUT2D eigenvalue weighted by molar-refractivity contribution is -0.0339. The van der Waals surface area contributed by atoms with E-state index in [-0.39, 0.29) is 6.61 Å². The highest BCUT2D eigenvalue weighted by Gasteiger charge is 2.30. The molecular formula is C18H20O3. The van der Waals surface area contributed by atoms with Gasteiger partial charge in [0, 0.05) is 0 Å². The van der Waals surface area contributed by atoms with Crippen LogP contribution in [0.4, 0.5) is 0 Å². The second kappa shape index (κ2) is 5.86. The Hall–Kier alpha value is -1.87. The number of aliphatic hydroxyl groups is 1. The Morgan fingerprint density at radius 1 is 1.10 bits per heavy atom. The first-order chi connectivity index (χ1) is 10.2. The number of aldehydes is 1. The second-order valence-electron chi connectivity index (χ2n) is 5.89. The third-order valence-corrected chi connectivity index (χ3v) is 4.33. The molecule has 0 atom stereocenters. The van der Waals surface area contributed by atoms with E-state index in [1.807, 2.05) is 36.4 Å². The van der Waals surface area contributed by atoms with Crippen LogP contribution < -0.4 is 4.74 Å². The summed E-state index contributed by atoms with van der Waals surface area (Å²) in [7, 11) is 0. The quantitative estimate of drug-likeness (QED) is 0.870. The fraction of sp³-hybridized carbons (Fsp3) is 0.389. The number of hydrogen-bond donors (Lipinski definition) is 1. The summed E-state index contributed by atoms with van der Waals surface area (Å²) in [6, 6.07) is 11.5. The van der Waals surface area contributed by atoms with Gasteiger partial charge >= 0.3 is 0 Å². The number of benzene rings is 2. The molecule has 3 heteroatoms. The summed E-state index contributed by atoms with van der Waals surface area (Å²) in [4.78, 5) is 11.4. The number of ether oxygens (including phenoxy) is 1. The summed E-state index contributed by atoms with van der Waals surface area (Å²) in [5, 5.41) is 12.4. The molecule has 0 aliphatic heterocycles. The number of hydrogen-bond acceptors (Lipinski definition) is 3. The fourth-order valence-electron chi connectivity index (χ4n) is 3.09. The monoisotopic (exact) mass is 284 g/mol. The zero-order valence-corrected chi connectivity index (χ0v) is 12.0. The Morgan fingerprint density at radius 3 is 2.62 bits per heavy atom. The van der Waals surface area contributed by atoms with Crippen LogP contribution in [0.5, 0.6) is 5.75 Å². The standard InChI is InChI=1S/C18H20O3/c19-12-16-15-7-3-2-6-14(15)8-9-17(16)21-13-18(20)10-4-1-5-11-18/h2-3,6-9,12,20H,1,4-5,10-11,13H2. The van der Waals surface area contributed by atoms with Crippen molar-refractivity contribution in [1.82, 2.24) is 0 Å². The lowest BCUT2D eigenvalue weighted by Gasteiger charge is -2.31. The molecule has 1 fully saturated rings. The number of carbonyl (C=O) groups is 1. The van der Waals surface area contributed by atoms with Crippen LogP contribution in [0.15, 0.2) is 36.4 Å². The van der Waals surface area contributed by atoms with Crippen LogP contribution in [0.2, 0.25) is 0 Å². The molecule has 0 unspecified atom stereocenters. The molecule has 0 bridgehead atoms. The molecule has 2 aromatic carbocycles. The Bertz CT molecular complexity index is 642. The van der Waals surface area contributed by atoms with Gasteiger partial charge in [-0.1, -0.05) is 49.6 Å². The highest BCUT2D eigenvalue weighted by Crippen LogP contribution is 2.31. The Labute approximate surface area is 124 Å². The van der Waals surface area contributed by atoms with E-state index in [1.165, 1.54) is 6.42 Å². The molecule has 0 saturated heterocycles. The molecule has 110 valence electrons. The van der Waals surface area contributed by atoms with E-state index in [4.69, 9.17) is 4.74 Å². The molecule has 1 aliphatic rings. The van der Waals surface area contributed by atoms with E-state index in [0.29, 0.717) is 11.3 Å². The smallest absolute Gasteiger partial charge is 0.154 e. The first-order valence-corrected chi connectivity index (χ1v) is 7.54. The predicted molar refractivity (Wildman–Crippen MR) is 82.9 cm³/mol. The van der Waals surface area contributed by atoms with Crippen molar-refractivity contribution in [3.63, 3.8) is 0 Å². The minimum Gasteiger partial charge on any atom is -0.490 e. The molecule has 21 heavy (non-hydrogen) atoms.